The molecule has 0 aliphatic heterocycles. The number of carbonyl (C=O) groups is 1. The number of nitrogens with zero attached hydrogens (tertiary/aromatic N) is 4. The Labute approximate surface area is 163 Å². The zero-order chi connectivity index (χ0) is 19.8. The molecule has 8 heteroatoms. The molecule has 0 spiro atoms. The van der Waals surface area contributed by atoms with Crippen molar-refractivity contribution in [3.63, 3.8) is 0 Å². The van der Waals surface area contributed by atoms with E-state index in [1.165, 1.54) is 11.0 Å². The lowest BCUT2D eigenvalue weighted by Gasteiger charge is -2.16. The number of nitrogens with one attached hydrogen (secondary N) is 1. The minimum absolute atomic E-state index is 0.128. The number of aromatic nitrogens is 4. The maximum atomic E-state index is 12.8. The first kappa shape index (κ1) is 19.3. The Morgan fingerprint density at radius 3 is 2.54 bits per heavy atom. The van der Waals surface area contributed by atoms with E-state index in [4.69, 9.17) is 9.47 Å². The van der Waals surface area contributed by atoms with Crippen molar-refractivity contribution in [2.45, 2.75) is 18.9 Å². The van der Waals surface area contributed by atoms with Gasteiger partial charge in [0, 0.05) is 13.0 Å². The molecule has 1 N–H and O–H groups in total. The summed E-state index contributed by atoms with van der Waals surface area (Å²) < 4.78 is 12.1. The van der Waals surface area contributed by atoms with Crippen molar-refractivity contribution >= 4 is 5.91 Å². The van der Waals surface area contributed by atoms with Crippen molar-refractivity contribution in [2.24, 2.45) is 0 Å². The highest BCUT2D eigenvalue weighted by molar-refractivity contribution is 5.80. The van der Waals surface area contributed by atoms with Crippen LogP contribution in [0.5, 0.6) is 11.5 Å². The van der Waals surface area contributed by atoms with Crippen LogP contribution in [0.4, 0.5) is 0 Å². The zero-order valence-corrected chi connectivity index (χ0v) is 15.9. The van der Waals surface area contributed by atoms with Crippen molar-refractivity contribution in [1.82, 2.24) is 25.5 Å². The van der Waals surface area contributed by atoms with Crippen molar-refractivity contribution < 1.29 is 14.3 Å². The Bertz CT molecular complexity index is 884. The van der Waals surface area contributed by atoms with Crippen LogP contribution in [0.1, 0.15) is 17.2 Å². The van der Waals surface area contributed by atoms with Gasteiger partial charge in [-0.3, -0.25) is 4.79 Å². The lowest BCUT2D eigenvalue weighted by atomic mass is 10.1. The molecule has 0 fully saturated rings. The molecular formula is C20H23N5O3. The topological polar surface area (TPSA) is 91.2 Å². The summed E-state index contributed by atoms with van der Waals surface area (Å²) in [6.07, 6.45) is 2.63. The van der Waals surface area contributed by atoms with Crippen LogP contribution in [0.2, 0.25) is 0 Å². The summed E-state index contributed by atoms with van der Waals surface area (Å²) >= 11 is 0. The van der Waals surface area contributed by atoms with E-state index in [1.54, 1.807) is 14.2 Å². The number of benzene rings is 2. The second-order valence-corrected chi connectivity index (χ2v) is 6.23. The third-order valence-corrected chi connectivity index (χ3v) is 4.42. The summed E-state index contributed by atoms with van der Waals surface area (Å²) in [5.74, 6) is 1.22. The molecular weight excluding hydrogens is 358 g/mol. The quantitative estimate of drug-likeness (QED) is 0.608. The van der Waals surface area contributed by atoms with E-state index in [0.717, 1.165) is 11.1 Å². The molecule has 0 radical (unpaired) electrons. The van der Waals surface area contributed by atoms with Crippen molar-refractivity contribution in [3.05, 3.63) is 66.0 Å². The number of ether oxygens (including phenoxy) is 2. The smallest absolute Gasteiger partial charge is 0.245 e. The number of hydrogen-bond donors (Lipinski definition) is 1. The van der Waals surface area contributed by atoms with Crippen LogP contribution in [-0.4, -0.2) is 46.9 Å². The highest BCUT2D eigenvalue weighted by atomic mass is 16.5. The van der Waals surface area contributed by atoms with Crippen molar-refractivity contribution in [3.8, 4) is 11.5 Å². The van der Waals surface area contributed by atoms with Crippen LogP contribution in [0.25, 0.3) is 0 Å². The molecule has 1 heterocycles. The average molecular weight is 381 g/mol. The maximum Gasteiger partial charge on any atom is 0.245 e. The van der Waals surface area contributed by atoms with E-state index in [2.05, 4.69) is 20.8 Å². The van der Waals surface area contributed by atoms with Gasteiger partial charge >= 0.3 is 0 Å². The first-order valence-electron chi connectivity index (χ1n) is 8.96. The van der Waals surface area contributed by atoms with E-state index < -0.39 is 6.04 Å². The van der Waals surface area contributed by atoms with E-state index in [0.29, 0.717) is 30.9 Å². The lowest BCUT2D eigenvalue weighted by Crippen LogP contribution is -2.35. The minimum atomic E-state index is -0.511. The van der Waals surface area contributed by atoms with Gasteiger partial charge in [-0.05, 0) is 40.1 Å². The van der Waals surface area contributed by atoms with Gasteiger partial charge in [0.25, 0.3) is 0 Å². The first-order chi connectivity index (χ1) is 13.7. The molecule has 1 amide bonds. The van der Waals surface area contributed by atoms with Gasteiger partial charge in [-0.2, -0.15) is 0 Å². The Morgan fingerprint density at radius 2 is 1.86 bits per heavy atom. The zero-order valence-electron chi connectivity index (χ0n) is 15.9. The van der Waals surface area contributed by atoms with Crippen LogP contribution < -0.4 is 14.8 Å². The van der Waals surface area contributed by atoms with Crippen LogP contribution in [0, 0.1) is 0 Å². The Balaban J connectivity index is 1.62. The average Bonchev–Trinajstić information content (AvgIpc) is 3.27. The Hall–Kier alpha value is -3.42. The molecule has 0 saturated carbocycles. The SMILES string of the molecule is COc1ccc(CCNC(=O)C(Cc2ccccc2)n2cnnn2)cc1OC. The van der Waals surface area contributed by atoms with Crippen LogP contribution in [0.15, 0.2) is 54.9 Å². The van der Waals surface area contributed by atoms with Gasteiger partial charge in [-0.1, -0.05) is 36.4 Å². The van der Waals surface area contributed by atoms with Crippen LogP contribution in [0.3, 0.4) is 0 Å². The highest BCUT2D eigenvalue weighted by Gasteiger charge is 2.22. The molecule has 146 valence electrons. The van der Waals surface area contributed by atoms with Gasteiger partial charge in [-0.15, -0.1) is 5.10 Å². The molecule has 1 aromatic heterocycles. The van der Waals surface area contributed by atoms with Crippen molar-refractivity contribution in [2.75, 3.05) is 20.8 Å². The van der Waals surface area contributed by atoms with Gasteiger partial charge < -0.3 is 14.8 Å². The molecule has 28 heavy (non-hydrogen) atoms. The normalized spacial score (nSPS) is 11.6. The first-order valence-corrected chi connectivity index (χ1v) is 8.96. The predicted molar refractivity (Wildman–Crippen MR) is 103 cm³/mol. The van der Waals surface area contributed by atoms with E-state index in [1.807, 2.05) is 48.5 Å². The number of methoxy groups -OCH3 is 2. The predicted octanol–water partition coefficient (Wildman–Crippen LogP) is 1.83. The number of amides is 1. The van der Waals surface area contributed by atoms with Gasteiger partial charge in [-0.25, -0.2) is 4.68 Å². The van der Waals surface area contributed by atoms with Gasteiger partial charge in [0.05, 0.1) is 14.2 Å². The molecule has 8 nitrogen and oxygen atoms in total. The number of carbonyl (C=O) groups excluding carboxylic acids is 1. The summed E-state index contributed by atoms with van der Waals surface area (Å²) in [4.78, 5) is 12.8. The largest absolute Gasteiger partial charge is 0.493 e. The second-order valence-electron chi connectivity index (χ2n) is 6.23. The molecule has 0 bridgehead atoms. The van der Waals surface area contributed by atoms with Crippen molar-refractivity contribution in [1.29, 1.82) is 0 Å². The summed E-state index contributed by atoms with van der Waals surface area (Å²) in [7, 11) is 3.20. The fourth-order valence-corrected chi connectivity index (χ4v) is 2.94. The number of tetrazole rings is 1. The number of rotatable bonds is 9. The Morgan fingerprint density at radius 1 is 1.07 bits per heavy atom. The summed E-state index contributed by atoms with van der Waals surface area (Å²) in [6, 6.07) is 15.0. The van der Waals surface area contributed by atoms with E-state index in [9.17, 15) is 4.79 Å². The minimum Gasteiger partial charge on any atom is -0.493 e. The summed E-state index contributed by atoms with van der Waals surface area (Å²) in [5, 5.41) is 14.2. The van der Waals surface area contributed by atoms with E-state index >= 15 is 0 Å². The van der Waals surface area contributed by atoms with Gasteiger partial charge in [0.2, 0.25) is 5.91 Å². The maximum absolute atomic E-state index is 12.8. The van der Waals surface area contributed by atoms with Gasteiger partial charge in [0.1, 0.15) is 12.4 Å². The fraction of sp³-hybridized carbons (Fsp3) is 0.300. The second kappa shape index (κ2) is 9.50. The lowest BCUT2D eigenvalue weighted by molar-refractivity contribution is -0.124. The summed E-state index contributed by atoms with van der Waals surface area (Å²) in [5.41, 5.74) is 2.08. The molecule has 1 unspecified atom stereocenters. The standard InChI is InChI=1S/C20H23N5O3/c1-27-18-9-8-16(13-19(18)28-2)10-11-21-20(26)17(25-14-22-23-24-25)12-15-6-4-3-5-7-15/h3-9,13-14,17H,10-12H2,1-2H3,(H,21,26). The highest BCUT2D eigenvalue weighted by Crippen LogP contribution is 2.27. The van der Waals surface area contributed by atoms with Gasteiger partial charge in [0.15, 0.2) is 11.5 Å². The third kappa shape index (κ3) is 4.85. The fourth-order valence-electron chi connectivity index (χ4n) is 2.94. The molecule has 0 aliphatic rings. The molecule has 1 atom stereocenters. The monoisotopic (exact) mass is 381 g/mol. The summed E-state index contributed by atoms with van der Waals surface area (Å²) in [6.45, 7) is 0.488. The number of hydrogen-bond acceptors (Lipinski definition) is 6. The van der Waals surface area contributed by atoms with E-state index in [-0.39, 0.29) is 5.91 Å². The molecule has 3 rings (SSSR count). The Kier molecular flexibility index (Phi) is 6.56. The molecule has 0 saturated heterocycles. The third-order valence-electron chi connectivity index (χ3n) is 4.42. The van der Waals surface area contributed by atoms with Crippen LogP contribution in [-0.2, 0) is 17.6 Å². The molecule has 3 aromatic rings. The van der Waals surface area contributed by atoms with Crippen LogP contribution >= 0.6 is 0 Å². The molecule has 2 aromatic carbocycles. The molecule has 0 aliphatic carbocycles.